The van der Waals surface area contributed by atoms with Crippen LogP contribution in [-0.4, -0.2) is 235 Å². The summed E-state index contributed by atoms with van der Waals surface area (Å²) in [5.74, 6) is -18.8. The number of carboxylic acids is 1. The molecule has 13 atom stereocenters. The molecule has 0 aliphatic carbocycles. The first-order valence-corrected chi connectivity index (χ1v) is 34.9. The van der Waals surface area contributed by atoms with Crippen molar-refractivity contribution in [2.24, 2.45) is 17.2 Å². The Morgan fingerprint density at radius 3 is 1.65 bits per heavy atom. The van der Waals surface area contributed by atoms with E-state index in [1.54, 1.807) is 0 Å². The zero-order chi connectivity index (χ0) is 65.6. The Kier molecular flexibility index (Phi) is 29.0. The van der Waals surface area contributed by atoms with Crippen LogP contribution < -0.4 is 75.7 Å². The monoisotopic (exact) mass is 1360 g/mol. The first-order valence-electron chi connectivity index (χ1n) is 27.5. The standard InChI is InChI=1S/C50H71N15O18S6/c1-21-40(73)60-33-20-89-88-17-30-44(77)57-26(9-10-37(70)71)42(75)58-27(12-23-5-7-24(67)8-6-23)43(76)62-32(19-87-85-16-29(39(53)72)56-36(69)14-54-49(82)38(22(2)66)64-47(33)80)46(79)63-31(18-86-84-15-25(51)41(74)61-30)45(78)59-28(13-35(52)68)50(83)65-11-3-4-34(65)48(81)55-21/h5-8,21-22,25-34,38,66-67H,3-4,9-20,51H2,1-2H3,(H2,52,68)(H2,53,72)(H,54,82)(H,55,81)(H,56,69)(H,57,77)(H,58,75)(H,59,78)(H,60,73)(H,61,74)(H,62,76)(H,63,79)(H,64,80)(H,70,71)/t21-,22+,25-,26-,27-,28-,29-,30-,31-,32-,33-,34-,38-/m0/s1. The third-order valence-electron chi connectivity index (χ3n) is 13.6. The number of aromatic hydroxyl groups is 1. The number of fused-ring (bicyclic) bond motifs is 20. The molecule has 33 nitrogen and oxygen atoms in total. The lowest BCUT2D eigenvalue weighted by molar-refractivity contribution is -0.143. The predicted molar refractivity (Wildman–Crippen MR) is 329 cm³/mol. The maximum absolute atomic E-state index is 14.8. The maximum Gasteiger partial charge on any atom is 0.303 e. The van der Waals surface area contributed by atoms with E-state index in [4.69, 9.17) is 17.2 Å². The summed E-state index contributed by atoms with van der Waals surface area (Å²) >= 11 is 0. The van der Waals surface area contributed by atoms with E-state index < -0.39 is 223 Å². The van der Waals surface area contributed by atoms with Crippen LogP contribution in [0, 0.1) is 0 Å². The highest BCUT2D eigenvalue weighted by molar-refractivity contribution is 8.77. The minimum Gasteiger partial charge on any atom is -0.508 e. The third kappa shape index (κ3) is 23.1. The number of carbonyl (C=O) groups excluding carboxylic acids is 14. The first kappa shape index (κ1) is 72.8. The molecular formula is C50H71N15O18S6. The van der Waals surface area contributed by atoms with Crippen LogP contribution in [0.5, 0.6) is 5.75 Å². The molecule has 5 rings (SSSR count). The Morgan fingerprint density at radius 2 is 1.09 bits per heavy atom. The van der Waals surface area contributed by atoms with E-state index in [-0.39, 0.29) is 36.6 Å². The number of benzene rings is 1. The summed E-state index contributed by atoms with van der Waals surface area (Å²) in [6, 6.07) is -14.3. The summed E-state index contributed by atoms with van der Waals surface area (Å²) < 4.78 is 0. The number of nitrogens with two attached hydrogens (primary N) is 3. The Bertz CT molecular complexity index is 2830. The van der Waals surface area contributed by atoms with Gasteiger partial charge in [-0.15, -0.1) is 0 Å². The van der Waals surface area contributed by atoms with Crippen LogP contribution in [-0.2, 0) is 78.3 Å². The van der Waals surface area contributed by atoms with Gasteiger partial charge in [0.2, 0.25) is 82.7 Å². The largest absolute Gasteiger partial charge is 0.508 e. The van der Waals surface area contributed by atoms with Gasteiger partial charge in [-0.05, 0) is 50.8 Å². The van der Waals surface area contributed by atoms with Crippen molar-refractivity contribution in [1.29, 1.82) is 0 Å². The number of nitrogens with zero attached hydrogens (tertiary/aromatic N) is 1. The number of rotatable bonds is 9. The quantitative estimate of drug-likeness (QED) is 0.0807. The molecule has 1 aromatic carbocycles. The van der Waals surface area contributed by atoms with Crippen LogP contribution in [0.25, 0.3) is 0 Å². The van der Waals surface area contributed by atoms with Crippen LogP contribution in [0.15, 0.2) is 24.3 Å². The van der Waals surface area contributed by atoms with Crippen molar-refractivity contribution in [1.82, 2.24) is 63.4 Å². The molecule has 14 amide bonds. The topological polar surface area (TPSA) is 530 Å². The van der Waals surface area contributed by atoms with Gasteiger partial charge in [-0.1, -0.05) is 76.9 Å². The fourth-order valence-electron chi connectivity index (χ4n) is 8.72. The number of phenolic OH excluding ortho intramolecular Hbond substituents is 1. The number of carbonyl (C=O) groups is 15. The molecule has 0 spiro atoms. The lowest BCUT2D eigenvalue weighted by Gasteiger charge is -2.30. The molecule has 0 radical (unpaired) electrons. The van der Waals surface area contributed by atoms with E-state index in [9.17, 15) is 87.2 Å². The first-order chi connectivity index (χ1) is 42.1. The maximum atomic E-state index is 14.8. The molecule has 4 aliphatic heterocycles. The van der Waals surface area contributed by atoms with Crippen molar-refractivity contribution < 1.29 is 87.2 Å². The zero-order valence-corrected chi connectivity index (χ0v) is 52.7. The second kappa shape index (κ2) is 35.5. The molecule has 0 saturated carbocycles. The number of hydrogen-bond donors (Lipinski definition) is 17. The van der Waals surface area contributed by atoms with Crippen molar-refractivity contribution in [3.63, 3.8) is 0 Å². The van der Waals surface area contributed by atoms with E-state index >= 15 is 0 Å². The summed E-state index contributed by atoms with van der Waals surface area (Å²) in [4.78, 5) is 209. The van der Waals surface area contributed by atoms with E-state index in [0.29, 0.717) is 5.56 Å². The van der Waals surface area contributed by atoms with Crippen molar-refractivity contribution in [2.45, 2.75) is 131 Å². The van der Waals surface area contributed by atoms with Gasteiger partial charge in [0.15, 0.2) is 0 Å². The minimum absolute atomic E-state index is 0.0205. The number of primary amides is 2. The smallest absolute Gasteiger partial charge is 0.303 e. The van der Waals surface area contributed by atoms with Crippen LogP contribution in [0.4, 0.5) is 0 Å². The van der Waals surface area contributed by atoms with E-state index in [2.05, 4.69) is 58.5 Å². The average molecular weight is 1360 g/mol. The molecular weight excluding hydrogens is 1290 g/mol. The molecule has 20 N–H and O–H groups in total. The lowest BCUT2D eigenvalue weighted by atomic mass is 10.0. The predicted octanol–water partition coefficient (Wildman–Crippen LogP) is -6.97. The Labute approximate surface area is 532 Å². The number of amides is 14. The van der Waals surface area contributed by atoms with Crippen LogP contribution >= 0.6 is 64.8 Å². The molecule has 1 aromatic rings. The zero-order valence-electron chi connectivity index (χ0n) is 47.8. The number of nitrogens with one attached hydrogen (secondary N) is 11. The van der Waals surface area contributed by atoms with Gasteiger partial charge in [-0.2, -0.15) is 0 Å². The van der Waals surface area contributed by atoms with Gasteiger partial charge in [0.1, 0.15) is 72.2 Å². The van der Waals surface area contributed by atoms with E-state index in [1.165, 1.54) is 31.2 Å². The van der Waals surface area contributed by atoms with Crippen molar-refractivity contribution in [3.8, 4) is 5.75 Å². The minimum atomic E-state index is -1.83. The molecule has 4 bridgehead atoms. The number of aliphatic hydroxyl groups is 1. The van der Waals surface area contributed by atoms with E-state index in [0.717, 1.165) is 76.6 Å². The third-order valence-corrected chi connectivity index (χ3v) is 20.9. The fraction of sp³-hybridized carbons (Fsp3) is 0.580. The SMILES string of the molecule is C[C@@H]1NC(=O)[C@@H]2CCCN2C(=O)[C@H](CC(N)=O)NC(=O)[C@@H]2CSSC[C@H](N)C(=O)N[C@H]3CSSC[C@H](NC1=O)C(=O)N[C@@H]([C@@H](C)O)C(=O)NCC(=O)N[C@H](C(N)=O)CSSC[C@H](NC(=O)[C@H](Cc1ccc(O)cc1)NC(=O)[C@H](CCC(=O)O)NC3=O)C(=O)N2. The van der Waals surface area contributed by atoms with Crippen LogP contribution in [0.1, 0.15) is 51.5 Å². The normalized spacial score (nSPS) is 29.2. The molecule has 0 unspecified atom stereocenters. The van der Waals surface area contributed by atoms with Crippen LogP contribution in [0.3, 0.4) is 0 Å². The molecule has 4 fully saturated rings. The highest BCUT2D eigenvalue weighted by atomic mass is 33.1. The Balaban J connectivity index is 1.75. The Hall–Kier alpha value is -6.91. The van der Waals surface area contributed by atoms with E-state index in [1.807, 2.05) is 0 Å². The number of aliphatic hydroxyl groups excluding tert-OH is 1. The number of carboxylic acid groups (broad SMARTS) is 1. The second-order valence-corrected chi connectivity index (χ2v) is 28.3. The number of aliphatic carboxylic acids is 1. The van der Waals surface area contributed by atoms with Gasteiger partial charge in [0, 0.05) is 53.9 Å². The van der Waals surface area contributed by atoms with Gasteiger partial charge in [0.25, 0.3) is 0 Å². The second-order valence-electron chi connectivity index (χ2n) is 20.6. The average Bonchev–Trinajstić information content (AvgIpc) is 2.60. The Morgan fingerprint density at radius 1 is 0.596 bits per heavy atom. The number of phenols is 1. The van der Waals surface area contributed by atoms with Gasteiger partial charge in [-0.3, -0.25) is 71.9 Å². The van der Waals surface area contributed by atoms with Crippen molar-refractivity contribution in [2.75, 3.05) is 47.6 Å². The number of hydrogen-bond acceptors (Lipinski definition) is 24. The summed E-state index contributed by atoms with van der Waals surface area (Å²) in [5, 5.41) is 57.6. The fourth-order valence-corrected chi connectivity index (χ4v) is 15.7. The van der Waals surface area contributed by atoms with Crippen LogP contribution in [0.2, 0.25) is 0 Å². The molecule has 4 saturated heterocycles. The highest BCUT2D eigenvalue weighted by Crippen LogP contribution is 2.27. The summed E-state index contributed by atoms with van der Waals surface area (Å²) in [5.41, 5.74) is 17.9. The molecule has 39 heteroatoms. The van der Waals surface area contributed by atoms with Gasteiger partial charge in [-0.25, -0.2) is 0 Å². The summed E-state index contributed by atoms with van der Waals surface area (Å²) in [6.45, 7) is 1.39. The van der Waals surface area contributed by atoms with Gasteiger partial charge in [0.05, 0.1) is 25.1 Å². The summed E-state index contributed by atoms with van der Waals surface area (Å²) in [7, 11) is 5.04. The summed E-state index contributed by atoms with van der Waals surface area (Å²) in [6.07, 6.45) is -4.05. The van der Waals surface area contributed by atoms with Crippen molar-refractivity contribution in [3.05, 3.63) is 29.8 Å². The van der Waals surface area contributed by atoms with Gasteiger partial charge < -0.3 is 95.9 Å². The molecule has 4 aliphatic rings. The van der Waals surface area contributed by atoms with Crippen molar-refractivity contribution >= 4 is 153 Å². The molecule has 89 heavy (non-hydrogen) atoms. The lowest BCUT2D eigenvalue weighted by Crippen LogP contribution is -2.61. The van der Waals surface area contributed by atoms with Gasteiger partial charge >= 0.3 is 5.97 Å². The molecule has 4 heterocycles. The highest BCUT2D eigenvalue weighted by Gasteiger charge is 2.42. The molecule has 490 valence electrons. The molecule has 0 aromatic heterocycles.